The molecule has 7 heteroatoms. The predicted octanol–water partition coefficient (Wildman–Crippen LogP) is 3.50. The van der Waals surface area contributed by atoms with Gasteiger partial charge in [0.15, 0.2) is 5.16 Å². The van der Waals surface area contributed by atoms with Crippen LogP contribution in [0, 0.1) is 0 Å². The van der Waals surface area contributed by atoms with E-state index < -0.39 is 5.25 Å². The quantitative estimate of drug-likeness (QED) is 0.449. The summed E-state index contributed by atoms with van der Waals surface area (Å²) in [6.07, 6.45) is 1.90. The molecule has 1 aromatic heterocycles. The first kappa shape index (κ1) is 20.6. The smallest absolute Gasteiger partial charge is 0.262 e. The molecular weight excluding hydrogens is 398 g/mol. The minimum Gasteiger partial charge on any atom is -0.376 e. The number of amides is 1. The van der Waals surface area contributed by atoms with Gasteiger partial charge in [-0.3, -0.25) is 14.2 Å². The van der Waals surface area contributed by atoms with Crippen LogP contribution in [0.3, 0.4) is 0 Å². The fourth-order valence-corrected chi connectivity index (χ4v) is 4.87. The van der Waals surface area contributed by atoms with Gasteiger partial charge in [-0.1, -0.05) is 54.2 Å². The second-order valence-corrected chi connectivity index (χ2v) is 8.68. The van der Waals surface area contributed by atoms with E-state index in [1.807, 2.05) is 48.5 Å². The lowest BCUT2D eigenvalue weighted by atomic mass is 10.1. The average Bonchev–Trinajstić information content (AvgIpc) is 3.28. The molecule has 1 aliphatic heterocycles. The molecule has 4 rings (SSSR count). The van der Waals surface area contributed by atoms with Crippen LogP contribution in [-0.4, -0.2) is 47.2 Å². The summed E-state index contributed by atoms with van der Waals surface area (Å²) < 4.78 is 7.46. The van der Waals surface area contributed by atoms with Gasteiger partial charge in [0.05, 0.1) is 23.6 Å². The molecule has 3 aromatic rings. The fraction of sp³-hybridized carbons (Fsp3) is 0.348. The molecule has 30 heavy (non-hydrogen) atoms. The molecular formula is C23H25N3O3S. The predicted molar refractivity (Wildman–Crippen MR) is 119 cm³/mol. The van der Waals surface area contributed by atoms with Crippen LogP contribution in [0.5, 0.6) is 0 Å². The van der Waals surface area contributed by atoms with Crippen molar-refractivity contribution in [3.8, 4) is 0 Å². The molecule has 1 amide bonds. The number of ether oxygens (including phenoxy) is 1. The van der Waals surface area contributed by atoms with Gasteiger partial charge in [0.25, 0.3) is 5.56 Å². The number of rotatable bonds is 6. The topological polar surface area (TPSA) is 64.4 Å². The Bertz CT molecular complexity index is 1090. The lowest BCUT2D eigenvalue weighted by molar-refractivity contribution is -0.128. The highest BCUT2D eigenvalue weighted by molar-refractivity contribution is 8.00. The number of thioether (sulfide) groups is 1. The van der Waals surface area contributed by atoms with Gasteiger partial charge in [0, 0.05) is 20.7 Å². The van der Waals surface area contributed by atoms with Crippen LogP contribution < -0.4 is 5.56 Å². The summed E-state index contributed by atoms with van der Waals surface area (Å²) in [5.41, 5.74) is 1.42. The van der Waals surface area contributed by atoms with E-state index in [2.05, 4.69) is 0 Å². The van der Waals surface area contributed by atoms with E-state index >= 15 is 0 Å². The minimum atomic E-state index is -0.495. The van der Waals surface area contributed by atoms with Gasteiger partial charge in [-0.05, 0) is 30.5 Å². The lowest BCUT2D eigenvalue weighted by Crippen LogP contribution is -2.30. The summed E-state index contributed by atoms with van der Waals surface area (Å²) >= 11 is 1.32. The third kappa shape index (κ3) is 4.27. The van der Waals surface area contributed by atoms with Crippen LogP contribution in [0.1, 0.15) is 23.7 Å². The van der Waals surface area contributed by atoms with E-state index in [1.165, 1.54) is 11.8 Å². The normalized spacial score (nSPS) is 17.2. The maximum Gasteiger partial charge on any atom is 0.262 e. The summed E-state index contributed by atoms with van der Waals surface area (Å²) in [5.74, 6) is -0.0442. The molecule has 0 bridgehead atoms. The number of nitrogens with zero attached hydrogens (tertiary/aromatic N) is 3. The number of para-hydroxylation sites is 1. The van der Waals surface area contributed by atoms with E-state index in [0.29, 0.717) is 29.2 Å². The number of hydrogen-bond acceptors (Lipinski definition) is 5. The van der Waals surface area contributed by atoms with Crippen LogP contribution in [0.25, 0.3) is 10.9 Å². The fourth-order valence-electron chi connectivity index (χ4n) is 3.62. The zero-order chi connectivity index (χ0) is 21.1. The van der Waals surface area contributed by atoms with Gasteiger partial charge in [-0.15, -0.1) is 0 Å². The van der Waals surface area contributed by atoms with Gasteiger partial charge in [0.2, 0.25) is 5.91 Å². The van der Waals surface area contributed by atoms with Crippen molar-refractivity contribution in [3.63, 3.8) is 0 Å². The Morgan fingerprint density at radius 2 is 1.93 bits per heavy atom. The van der Waals surface area contributed by atoms with E-state index in [0.717, 1.165) is 18.4 Å². The third-order valence-corrected chi connectivity index (χ3v) is 6.46. The van der Waals surface area contributed by atoms with Crippen molar-refractivity contribution in [2.45, 2.75) is 35.9 Å². The van der Waals surface area contributed by atoms with Crippen LogP contribution in [0.4, 0.5) is 0 Å². The molecule has 156 valence electrons. The van der Waals surface area contributed by atoms with Gasteiger partial charge >= 0.3 is 0 Å². The molecule has 1 saturated heterocycles. The van der Waals surface area contributed by atoms with Crippen molar-refractivity contribution in [1.82, 2.24) is 14.5 Å². The highest BCUT2D eigenvalue weighted by Crippen LogP contribution is 2.36. The minimum absolute atomic E-state index is 0.00950. The largest absolute Gasteiger partial charge is 0.376 e. The second kappa shape index (κ2) is 9.02. The summed E-state index contributed by atoms with van der Waals surface area (Å²) in [6.45, 7) is 1.16. The molecule has 2 atom stereocenters. The van der Waals surface area contributed by atoms with E-state index in [4.69, 9.17) is 9.72 Å². The molecule has 0 aliphatic carbocycles. The van der Waals surface area contributed by atoms with Crippen LogP contribution in [0.15, 0.2) is 64.5 Å². The maximum absolute atomic E-state index is 13.3. The summed E-state index contributed by atoms with van der Waals surface area (Å²) in [4.78, 5) is 32.7. The Labute approximate surface area is 179 Å². The second-order valence-electron chi connectivity index (χ2n) is 7.60. The monoisotopic (exact) mass is 423 g/mol. The number of carbonyl (C=O) groups is 1. The van der Waals surface area contributed by atoms with Crippen molar-refractivity contribution in [1.29, 1.82) is 0 Å². The summed E-state index contributed by atoms with van der Waals surface area (Å²) in [6, 6.07) is 17.0. The molecule has 2 aromatic carbocycles. The maximum atomic E-state index is 13.3. The molecule has 0 spiro atoms. The number of benzene rings is 2. The zero-order valence-electron chi connectivity index (χ0n) is 17.2. The van der Waals surface area contributed by atoms with E-state index in [9.17, 15) is 9.59 Å². The average molecular weight is 424 g/mol. The molecule has 2 heterocycles. The van der Waals surface area contributed by atoms with Crippen LogP contribution in [-0.2, 0) is 16.1 Å². The number of carbonyl (C=O) groups excluding carboxylic acids is 1. The molecule has 1 fully saturated rings. The number of hydrogen-bond donors (Lipinski definition) is 0. The van der Waals surface area contributed by atoms with Crippen molar-refractivity contribution >= 4 is 28.6 Å². The number of fused-ring (bicyclic) bond motifs is 1. The van der Waals surface area contributed by atoms with Gasteiger partial charge in [0.1, 0.15) is 5.25 Å². The SMILES string of the molecule is CN(C)C(=O)[C@@H](Sc1nc2ccccc2c(=O)n1C[C@@H]1CCCO1)c1ccccc1. The van der Waals surface area contributed by atoms with Crippen molar-refractivity contribution in [3.05, 3.63) is 70.5 Å². The first-order chi connectivity index (χ1) is 14.5. The standard InChI is InChI=1S/C23H25N3O3S/c1-25(2)22(28)20(16-9-4-3-5-10-16)30-23-24-19-13-7-6-12-18(19)21(27)26(23)15-17-11-8-14-29-17/h3-7,9-10,12-13,17,20H,8,11,14-15H2,1-2H3/t17-,20-/m0/s1. The summed E-state index contributed by atoms with van der Waals surface area (Å²) in [7, 11) is 3.48. The van der Waals surface area contributed by atoms with E-state index in [-0.39, 0.29) is 17.6 Å². The van der Waals surface area contributed by atoms with Crippen LogP contribution >= 0.6 is 11.8 Å². The van der Waals surface area contributed by atoms with Gasteiger partial charge < -0.3 is 9.64 Å². The Morgan fingerprint density at radius 3 is 2.63 bits per heavy atom. The van der Waals surface area contributed by atoms with Crippen molar-refractivity contribution < 1.29 is 9.53 Å². The highest BCUT2D eigenvalue weighted by Gasteiger charge is 2.27. The first-order valence-corrected chi connectivity index (χ1v) is 11.0. The third-order valence-electron chi connectivity index (χ3n) is 5.23. The van der Waals surface area contributed by atoms with Gasteiger partial charge in [-0.25, -0.2) is 4.98 Å². The Balaban J connectivity index is 1.80. The van der Waals surface area contributed by atoms with Crippen molar-refractivity contribution in [2.24, 2.45) is 0 Å². The Morgan fingerprint density at radius 1 is 1.20 bits per heavy atom. The highest BCUT2D eigenvalue weighted by atomic mass is 32.2. The number of likely N-dealkylation sites (N-methyl/N-ethyl adjacent to an activating group) is 1. The molecule has 0 N–H and O–H groups in total. The number of aromatic nitrogens is 2. The van der Waals surface area contributed by atoms with E-state index in [1.54, 1.807) is 29.6 Å². The first-order valence-electron chi connectivity index (χ1n) is 10.1. The molecule has 0 radical (unpaired) electrons. The molecule has 1 aliphatic rings. The Hall–Kier alpha value is -2.64. The zero-order valence-corrected chi connectivity index (χ0v) is 18.0. The Kier molecular flexibility index (Phi) is 6.20. The van der Waals surface area contributed by atoms with Gasteiger partial charge in [-0.2, -0.15) is 0 Å². The lowest BCUT2D eigenvalue weighted by Gasteiger charge is -2.22. The van der Waals surface area contributed by atoms with Crippen LogP contribution in [0.2, 0.25) is 0 Å². The molecule has 6 nitrogen and oxygen atoms in total. The molecule has 0 unspecified atom stereocenters. The van der Waals surface area contributed by atoms with Crippen molar-refractivity contribution in [2.75, 3.05) is 20.7 Å². The molecule has 0 saturated carbocycles. The summed E-state index contributed by atoms with van der Waals surface area (Å²) in [5, 5.41) is 0.623.